The molecule has 8 heteroatoms. The van der Waals surface area contributed by atoms with Crippen LogP contribution < -0.4 is 11.2 Å². The van der Waals surface area contributed by atoms with E-state index in [4.69, 9.17) is 11.6 Å². The number of benzene rings is 2. The summed E-state index contributed by atoms with van der Waals surface area (Å²) in [5.41, 5.74) is 2.23. The normalized spacial score (nSPS) is 11.5. The molecule has 2 heterocycles. The maximum atomic E-state index is 12.9. The summed E-state index contributed by atoms with van der Waals surface area (Å²) in [6.45, 7) is 3.26. The van der Waals surface area contributed by atoms with E-state index in [0.29, 0.717) is 34.2 Å². The van der Waals surface area contributed by atoms with E-state index in [9.17, 15) is 9.59 Å². The number of H-pyrrole nitrogens is 1. The van der Waals surface area contributed by atoms with Crippen LogP contribution in [0, 0.1) is 0 Å². The number of aryl methyl sites for hydroxylation is 1. The molecular weight excluding hydrogens is 408 g/mol. The number of fused-ring (bicyclic) bond motifs is 2. The number of aromatic amines is 1. The number of imidazole rings is 1. The molecule has 0 radical (unpaired) electrons. The third-order valence-corrected chi connectivity index (χ3v) is 6.07. The lowest BCUT2D eigenvalue weighted by molar-refractivity contribution is 0.584. The van der Waals surface area contributed by atoms with E-state index in [1.54, 1.807) is 27.3 Å². The van der Waals surface area contributed by atoms with Gasteiger partial charge in [-0.05, 0) is 43.2 Å². The van der Waals surface area contributed by atoms with Gasteiger partial charge in [-0.25, -0.2) is 9.78 Å². The number of thioether (sulfide) groups is 1. The average Bonchev–Trinajstić information content (AvgIpc) is 3.03. The number of halogens is 1. The SMILES string of the molecule is CCCn1c(SCCCn2c(=O)[nH]c3ccccc32)nc2cc(Cl)ccc2c1=O. The number of hydrogen-bond donors (Lipinski definition) is 1. The molecule has 6 nitrogen and oxygen atoms in total. The minimum atomic E-state index is -0.0995. The van der Waals surface area contributed by atoms with Crippen molar-refractivity contribution in [1.29, 1.82) is 0 Å². The first kappa shape index (κ1) is 19.8. The van der Waals surface area contributed by atoms with Crippen molar-refractivity contribution in [3.63, 3.8) is 0 Å². The Morgan fingerprint density at radius 3 is 2.76 bits per heavy atom. The molecule has 0 atom stereocenters. The average molecular weight is 429 g/mol. The maximum absolute atomic E-state index is 12.9. The number of para-hydroxylation sites is 2. The van der Waals surface area contributed by atoms with Gasteiger partial charge in [0.15, 0.2) is 5.16 Å². The van der Waals surface area contributed by atoms with Crippen molar-refractivity contribution in [3.05, 3.63) is 68.3 Å². The maximum Gasteiger partial charge on any atom is 0.326 e. The van der Waals surface area contributed by atoms with E-state index in [2.05, 4.69) is 9.97 Å². The molecular formula is C21H21ClN4O2S. The fourth-order valence-electron chi connectivity index (χ4n) is 3.42. The third kappa shape index (κ3) is 3.97. The van der Waals surface area contributed by atoms with Crippen LogP contribution in [-0.4, -0.2) is 24.9 Å². The van der Waals surface area contributed by atoms with Gasteiger partial charge in [-0.3, -0.25) is 13.9 Å². The molecule has 0 unspecified atom stereocenters. The second kappa shape index (κ2) is 8.47. The first-order chi connectivity index (χ1) is 14.1. The van der Waals surface area contributed by atoms with Crippen LogP contribution in [0.1, 0.15) is 19.8 Å². The zero-order valence-electron chi connectivity index (χ0n) is 16.0. The van der Waals surface area contributed by atoms with Gasteiger partial charge in [-0.1, -0.05) is 42.4 Å². The second-order valence-electron chi connectivity index (χ2n) is 6.81. The van der Waals surface area contributed by atoms with Crippen molar-refractivity contribution in [1.82, 2.24) is 19.1 Å². The highest BCUT2D eigenvalue weighted by Gasteiger charge is 2.12. The Balaban J connectivity index is 1.54. The van der Waals surface area contributed by atoms with Crippen LogP contribution in [0.2, 0.25) is 5.02 Å². The van der Waals surface area contributed by atoms with Gasteiger partial charge < -0.3 is 4.98 Å². The lowest BCUT2D eigenvalue weighted by Gasteiger charge is -2.12. The predicted molar refractivity (Wildman–Crippen MR) is 119 cm³/mol. The van der Waals surface area contributed by atoms with Crippen LogP contribution >= 0.6 is 23.4 Å². The zero-order chi connectivity index (χ0) is 20.4. The van der Waals surface area contributed by atoms with Crippen LogP contribution in [0.4, 0.5) is 0 Å². The lowest BCUT2D eigenvalue weighted by Crippen LogP contribution is -2.23. The first-order valence-corrected chi connectivity index (χ1v) is 11.0. The van der Waals surface area contributed by atoms with E-state index in [1.807, 2.05) is 31.2 Å². The molecule has 0 aliphatic heterocycles. The van der Waals surface area contributed by atoms with Crippen LogP contribution in [0.15, 0.2) is 57.2 Å². The molecule has 0 aliphatic rings. The van der Waals surface area contributed by atoms with E-state index in [0.717, 1.165) is 29.6 Å². The van der Waals surface area contributed by atoms with Gasteiger partial charge in [0.1, 0.15) is 0 Å². The van der Waals surface area contributed by atoms with Crippen molar-refractivity contribution in [2.75, 3.05) is 5.75 Å². The van der Waals surface area contributed by atoms with Crippen molar-refractivity contribution < 1.29 is 0 Å². The highest BCUT2D eigenvalue weighted by Crippen LogP contribution is 2.21. The summed E-state index contributed by atoms with van der Waals surface area (Å²) in [5.74, 6) is 0.744. The fourth-order valence-corrected chi connectivity index (χ4v) is 4.53. The molecule has 0 saturated carbocycles. The summed E-state index contributed by atoms with van der Waals surface area (Å²) < 4.78 is 3.49. The number of nitrogens with zero attached hydrogens (tertiary/aromatic N) is 3. The van der Waals surface area contributed by atoms with E-state index in [1.165, 1.54) is 11.8 Å². The monoisotopic (exact) mass is 428 g/mol. The molecule has 29 heavy (non-hydrogen) atoms. The third-order valence-electron chi connectivity index (χ3n) is 4.77. The van der Waals surface area contributed by atoms with Gasteiger partial charge >= 0.3 is 5.69 Å². The van der Waals surface area contributed by atoms with Gasteiger partial charge in [0, 0.05) is 23.9 Å². The highest BCUT2D eigenvalue weighted by atomic mass is 35.5. The lowest BCUT2D eigenvalue weighted by atomic mass is 10.2. The predicted octanol–water partition coefficient (Wildman–Crippen LogP) is 4.29. The fraction of sp³-hybridized carbons (Fsp3) is 0.286. The van der Waals surface area contributed by atoms with Crippen LogP contribution in [0.25, 0.3) is 21.9 Å². The van der Waals surface area contributed by atoms with Gasteiger partial charge in [0.25, 0.3) is 5.56 Å². The second-order valence-corrected chi connectivity index (χ2v) is 8.31. The minimum Gasteiger partial charge on any atom is -0.306 e. The van der Waals surface area contributed by atoms with Crippen LogP contribution in [0.5, 0.6) is 0 Å². The highest BCUT2D eigenvalue weighted by molar-refractivity contribution is 7.99. The summed E-state index contributed by atoms with van der Waals surface area (Å²) in [5, 5.41) is 1.84. The van der Waals surface area contributed by atoms with Gasteiger partial charge in [0.2, 0.25) is 0 Å². The molecule has 4 aromatic rings. The van der Waals surface area contributed by atoms with E-state index in [-0.39, 0.29) is 11.2 Å². The smallest absolute Gasteiger partial charge is 0.306 e. The van der Waals surface area contributed by atoms with Gasteiger partial charge in [-0.2, -0.15) is 0 Å². The molecule has 0 aliphatic carbocycles. The van der Waals surface area contributed by atoms with Crippen LogP contribution in [0.3, 0.4) is 0 Å². The topological polar surface area (TPSA) is 72.7 Å². The largest absolute Gasteiger partial charge is 0.326 e. The molecule has 0 amide bonds. The number of rotatable bonds is 7. The Kier molecular flexibility index (Phi) is 5.78. The Bertz CT molecular complexity index is 1290. The molecule has 1 N–H and O–H groups in total. The van der Waals surface area contributed by atoms with Crippen LogP contribution in [-0.2, 0) is 13.1 Å². The Hall–Kier alpha value is -2.51. The Morgan fingerprint density at radius 1 is 1.10 bits per heavy atom. The number of aromatic nitrogens is 4. The van der Waals surface area contributed by atoms with Crippen molar-refractivity contribution in [2.24, 2.45) is 0 Å². The van der Waals surface area contributed by atoms with Gasteiger partial charge in [0.05, 0.1) is 21.9 Å². The molecule has 2 aromatic carbocycles. The zero-order valence-corrected chi connectivity index (χ0v) is 17.6. The Morgan fingerprint density at radius 2 is 1.93 bits per heavy atom. The molecule has 2 aromatic heterocycles. The molecule has 150 valence electrons. The van der Waals surface area contributed by atoms with Crippen molar-refractivity contribution in [3.8, 4) is 0 Å². The molecule has 0 fully saturated rings. The van der Waals surface area contributed by atoms with Crippen molar-refractivity contribution in [2.45, 2.75) is 38.0 Å². The van der Waals surface area contributed by atoms with Crippen molar-refractivity contribution >= 4 is 45.3 Å². The molecule has 0 saturated heterocycles. The quantitative estimate of drug-likeness (QED) is 0.271. The first-order valence-electron chi connectivity index (χ1n) is 9.59. The number of hydrogen-bond acceptors (Lipinski definition) is 4. The standard InChI is InChI=1S/C21H21ClN4O2S/c1-2-10-26-19(27)15-9-8-14(22)13-17(15)24-21(26)29-12-5-11-25-18-7-4-3-6-16(18)23-20(25)28/h3-4,6-9,13H,2,5,10-12H2,1H3,(H,23,28). The summed E-state index contributed by atoms with van der Waals surface area (Å²) in [6.07, 6.45) is 1.63. The Labute approximate surface area is 176 Å². The summed E-state index contributed by atoms with van der Waals surface area (Å²) in [7, 11) is 0. The summed E-state index contributed by atoms with van der Waals surface area (Å²) >= 11 is 7.62. The van der Waals surface area contributed by atoms with E-state index < -0.39 is 0 Å². The molecule has 4 rings (SSSR count). The molecule has 0 spiro atoms. The summed E-state index contributed by atoms with van der Waals surface area (Å²) in [4.78, 5) is 32.6. The number of nitrogens with one attached hydrogen (secondary N) is 1. The molecule has 0 bridgehead atoms. The van der Waals surface area contributed by atoms with Gasteiger partial charge in [-0.15, -0.1) is 0 Å². The summed E-state index contributed by atoms with van der Waals surface area (Å²) in [6, 6.07) is 12.8. The van der Waals surface area contributed by atoms with E-state index >= 15 is 0 Å². The minimum absolute atomic E-state index is 0.0381.